The van der Waals surface area contributed by atoms with Crippen molar-refractivity contribution >= 4 is 11.9 Å². The molecule has 0 saturated carbocycles. The van der Waals surface area contributed by atoms with Crippen molar-refractivity contribution in [1.82, 2.24) is 5.32 Å². The van der Waals surface area contributed by atoms with E-state index >= 15 is 0 Å². The van der Waals surface area contributed by atoms with Crippen molar-refractivity contribution in [2.75, 3.05) is 6.61 Å². The second-order valence-electron chi connectivity index (χ2n) is 4.42. The molecule has 5 heteroatoms. The molecule has 5 nitrogen and oxygen atoms in total. The van der Waals surface area contributed by atoms with Crippen LogP contribution >= 0.6 is 0 Å². The molecule has 0 aromatic rings. The van der Waals surface area contributed by atoms with E-state index in [2.05, 4.69) is 5.32 Å². The van der Waals surface area contributed by atoms with Gasteiger partial charge in [-0.1, -0.05) is 0 Å². The first kappa shape index (κ1) is 13.0. The van der Waals surface area contributed by atoms with Crippen LogP contribution in [-0.2, 0) is 14.3 Å². The third-order valence-electron chi connectivity index (χ3n) is 2.75. The van der Waals surface area contributed by atoms with E-state index < -0.39 is 5.97 Å². The van der Waals surface area contributed by atoms with Gasteiger partial charge in [-0.3, -0.25) is 9.59 Å². The molecule has 1 rings (SSSR count). The maximum absolute atomic E-state index is 11.7. The van der Waals surface area contributed by atoms with Gasteiger partial charge in [-0.05, 0) is 26.7 Å². The van der Waals surface area contributed by atoms with Crippen LogP contribution in [0.15, 0.2) is 0 Å². The number of ether oxygens (including phenoxy) is 1. The zero-order valence-corrected chi connectivity index (χ0v) is 9.73. The van der Waals surface area contributed by atoms with Crippen molar-refractivity contribution in [3.05, 3.63) is 0 Å². The zero-order chi connectivity index (χ0) is 12.1. The summed E-state index contributed by atoms with van der Waals surface area (Å²) in [5.41, 5.74) is 0. The molecule has 1 aliphatic rings. The van der Waals surface area contributed by atoms with E-state index in [-0.39, 0.29) is 30.4 Å². The Balaban J connectivity index is 2.25. The Kier molecular flexibility index (Phi) is 4.73. The molecule has 1 saturated heterocycles. The van der Waals surface area contributed by atoms with Crippen LogP contribution in [0.2, 0.25) is 0 Å². The largest absolute Gasteiger partial charge is 0.481 e. The second-order valence-corrected chi connectivity index (χ2v) is 4.42. The van der Waals surface area contributed by atoms with Crippen LogP contribution in [0.1, 0.15) is 33.1 Å². The minimum absolute atomic E-state index is 0.0257. The van der Waals surface area contributed by atoms with Gasteiger partial charge in [0.2, 0.25) is 5.91 Å². The number of carbonyl (C=O) groups excluding carboxylic acids is 1. The molecule has 0 bridgehead atoms. The molecule has 0 aromatic heterocycles. The van der Waals surface area contributed by atoms with Gasteiger partial charge in [-0.25, -0.2) is 0 Å². The number of nitrogens with one attached hydrogen (secondary N) is 1. The lowest BCUT2D eigenvalue weighted by molar-refractivity contribution is -0.137. The van der Waals surface area contributed by atoms with E-state index in [4.69, 9.17) is 9.84 Å². The summed E-state index contributed by atoms with van der Waals surface area (Å²) in [5, 5.41) is 11.3. The summed E-state index contributed by atoms with van der Waals surface area (Å²) in [7, 11) is 0. The number of carboxylic acids is 1. The first-order chi connectivity index (χ1) is 7.49. The van der Waals surface area contributed by atoms with Crippen molar-refractivity contribution in [2.24, 2.45) is 5.92 Å². The number of hydrogen-bond donors (Lipinski definition) is 2. The van der Waals surface area contributed by atoms with Crippen molar-refractivity contribution in [2.45, 2.75) is 45.3 Å². The average molecular weight is 229 g/mol. The Hall–Kier alpha value is -1.10. The molecule has 0 aromatic carbocycles. The molecule has 3 atom stereocenters. The Morgan fingerprint density at radius 3 is 2.75 bits per heavy atom. The monoisotopic (exact) mass is 229 g/mol. The minimum atomic E-state index is -0.834. The minimum Gasteiger partial charge on any atom is -0.481 e. The molecule has 0 radical (unpaired) electrons. The lowest BCUT2D eigenvalue weighted by atomic mass is 10.0. The molecule has 3 unspecified atom stereocenters. The van der Waals surface area contributed by atoms with Crippen molar-refractivity contribution < 1.29 is 19.4 Å². The van der Waals surface area contributed by atoms with E-state index in [1.807, 2.05) is 13.8 Å². The van der Waals surface area contributed by atoms with Crippen molar-refractivity contribution in [3.63, 3.8) is 0 Å². The van der Waals surface area contributed by atoms with Crippen LogP contribution in [-0.4, -0.2) is 35.7 Å². The number of amides is 1. The van der Waals surface area contributed by atoms with Gasteiger partial charge in [0.05, 0.1) is 18.6 Å². The Labute approximate surface area is 95.2 Å². The summed E-state index contributed by atoms with van der Waals surface area (Å²) in [5.74, 6) is -0.941. The van der Waals surface area contributed by atoms with Gasteiger partial charge in [0.15, 0.2) is 0 Å². The van der Waals surface area contributed by atoms with E-state index in [0.717, 1.165) is 6.42 Å². The molecule has 1 aliphatic heterocycles. The highest BCUT2D eigenvalue weighted by Crippen LogP contribution is 2.19. The van der Waals surface area contributed by atoms with Crippen molar-refractivity contribution in [1.29, 1.82) is 0 Å². The number of hydrogen-bond acceptors (Lipinski definition) is 3. The zero-order valence-electron chi connectivity index (χ0n) is 9.73. The van der Waals surface area contributed by atoms with E-state index in [1.54, 1.807) is 0 Å². The summed E-state index contributed by atoms with van der Waals surface area (Å²) in [6, 6.07) is -0.0977. The van der Waals surface area contributed by atoms with Gasteiger partial charge in [-0.2, -0.15) is 0 Å². The van der Waals surface area contributed by atoms with Crippen LogP contribution in [0.25, 0.3) is 0 Å². The normalized spacial score (nSPS) is 26.4. The van der Waals surface area contributed by atoms with Gasteiger partial charge in [0, 0.05) is 12.5 Å². The average Bonchev–Trinajstić information content (AvgIpc) is 2.62. The third kappa shape index (κ3) is 4.18. The van der Waals surface area contributed by atoms with Gasteiger partial charge in [0.1, 0.15) is 0 Å². The van der Waals surface area contributed by atoms with Gasteiger partial charge < -0.3 is 15.2 Å². The second kappa shape index (κ2) is 5.84. The summed E-state index contributed by atoms with van der Waals surface area (Å²) >= 11 is 0. The summed E-state index contributed by atoms with van der Waals surface area (Å²) < 4.78 is 5.31. The smallest absolute Gasteiger partial charge is 0.303 e. The first-order valence-corrected chi connectivity index (χ1v) is 5.62. The van der Waals surface area contributed by atoms with E-state index in [0.29, 0.717) is 13.0 Å². The van der Waals surface area contributed by atoms with Crippen LogP contribution in [0.5, 0.6) is 0 Å². The number of carboxylic acid groups (broad SMARTS) is 1. The van der Waals surface area contributed by atoms with Crippen LogP contribution < -0.4 is 5.32 Å². The number of rotatable bonds is 5. The Morgan fingerprint density at radius 1 is 1.56 bits per heavy atom. The fourth-order valence-corrected chi connectivity index (χ4v) is 1.77. The highest BCUT2D eigenvalue weighted by Gasteiger charge is 2.28. The quantitative estimate of drug-likeness (QED) is 0.730. The molecule has 0 spiro atoms. The summed E-state index contributed by atoms with van der Waals surface area (Å²) in [6.45, 7) is 4.24. The SMILES string of the molecule is CC(CCC(=O)O)NC(=O)C1COC(C)C1. The molecule has 92 valence electrons. The molecule has 1 amide bonds. The lowest BCUT2D eigenvalue weighted by Crippen LogP contribution is -2.37. The molecular weight excluding hydrogens is 210 g/mol. The van der Waals surface area contributed by atoms with Crippen molar-refractivity contribution in [3.8, 4) is 0 Å². The Bertz CT molecular complexity index is 267. The standard InChI is InChI=1S/C11H19NO4/c1-7(3-4-10(13)14)12-11(15)9-5-8(2)16-6-9/h7-9H,3-6H2,1-2H3,(H,12,15)(H,13,14). The molecule has 1 heterocycles. The van der Waals surface area contributed by atoms with E-state index in [9.17, 15) is 9.59 Å². The topological polar surface area (TPSA) is 75.6 Å². The summed E-state index contributed by atoms with van der Waals surface area (Å²) in [4.78, 5) is 22.1. The lowest BCUT2D eigenvalue weighted by Gasteiger charge is -2.15. The van der Waals surface area contributed by atoms with Gasteiger partial charge in [-0.15, -0.1) is 0 Å². The molecule has 16 heavy (non-hydrogen) atoms. The molecule has 0 aliphatic carbocycles. The van der Waals surface area contributed by atoms with Crippen LogP contribution in [0.4, 0.5) is 0 Å². The summed E-state index contributed by atoms with van der Waals surface area (Å²) in [6.07, 6.45) is 1.44. The number of carbonyl (C=O) groups is 2. The maximum atomic E-state index is 11.7. The fourth-order valence-electron chi connectivity index (χ4n) is 1.77. The van der Waals surface area contributed by atoms with Crippen LogP contribution in [0.3, 0.4) is 0 Å². The van der Waals surface area contributed by atoms with E-state index in [1.165, 1.54) is 0 Å². The highest BCUT2D eigenvalue weighted by atomic mass is 16.5. The fraction of sp³-hybridized carbons (Fsp3) is 0.818. The maximum Gasteiger partial charge on any atom is 0.303 e. The van der Waals surface area contributed by atoms with Gasteiger partial charge >= 0.3 is 5.97 Å². The first-order valence-electron chi connectivity index (χ1n) is 5.62. The predicted octanol–water partition coefficient (Wildman–Crippen LogP) is 0.781. The predicted molar refractivity (Wildman–Crippen MR) is 58.0 cm³/mol. The Morgan fingerprint density at radius 2 is 2.25 bits per heavy atom. The van der Waals surface area contributed by atoms with Gasteiger partial charge in [0.25, 0.3) is 0 Å². The third-order valence-corrected chi connectivity index (χ3v) is 2.75. The molecule has 1 fully saturated rings. The highest BCUT2D eigenvalue weighted by molar-refractivity contribution is 5.79. The van der Waals surface area contributed by atoms with Crippen LogP contribution in [0, 0.1) is 5.92 Å². The molecular formula is C11H19NO4. The molecule has 2 N–H and O–H groups in total. The number of aliphatic carboxylic acids is 1.